The number of halogens is 1. The molecule has 5 nitrogen and oxygen atoms in total. The van der Waals surface area contributed by atoms with E-state index >= 15 is 0 Å². The molecule has 1 aromatic heterocycles. The van der Waals surface area contributed by atoms with Crippen molar-refractivity contribution >= 4 is 17.1 Å². The van der Waals surface area contributed by atoms with E-state index in [-0.39, 0.29) is 12.4 Å². The third-order valence-electron chi connectivity index (χ3n) is 3.95. The minimum atomic E-state index is -0.540. The van der Waals surface area contributed by atoms with Gasteiger partial charge in [-0.2, -0.15) is 0 Å². The van der Waals surface area contributed by atoms with Crippen LogP contribution in [0.2, 0.25) is 0 Å². The van der Waals surface area contributed by atoms with Crippen LogP contribution in [0.25, 0.3) is 11.0 Å². The van der Waals surface area contributed by atoms with Crippen LogP contribution in [0.15, 0.2) is 18.2 Å². The van der Waals surface area contributed by atoms with Gasteiger partial charge in [-0.25, -0.2) is 14.2 Å². The average molecular weight is 319 g/mol. The van der Waals surface area contributed by atoms with Gasteiger partial charge in [-0.1, -0.05) is 0 Å². The summed E-state index contributed by atoms with van der Waals surface area (Å²) >= 11 is 0. The summed E-state index contributed by atoms with van der Waals surface area (Å²) in [5.74, 6) is 0.464. The summed E-state index contributed by atoms with van der Waals surface area (Å²) in [4.78, 5) is 16.4. The zero-order chi connectivity index (χ0) is 16.6. The number of aromatic nitrogens is 2. The molecular weight excluding hydrogens is 297 g/mol. The fourth-order valence-electron chi connectivity index (χ4n) is 2.76. The fraction of sp³-hybridized carbons (Fsp3) is 0.529. The molecule has 0 aliphatic heterocycles. The minimum Gasteiger partial charge on any atom is -0.444 e. The smallest absolute Gasteiger partial charge is 0.408 e. The Labute approximate surface area is 134 Å². The summed E-state index contributed by atoms with van der Waals surface area (Å²) in [5.41, 5.74) is 0.997. The molecule has 23 heavy (non-hydrogen) atoms. The fourth-order valence-corrected chi connectivity index (χ4v) is 2.76. The van der Waals surface area contributed by atoms with Crippen molar-refractivity contribution in [2.75, 3.05) is 0 Å². The van der Waals surface area contributed by atoms with Gasteiger partial charge in [0, 0.05) is 6.04 Å². The van der Waals surface area contributed by atoms with Gasteiger partial charge < -0.3 is 14.6 Å². The molecule has 1 saturated carbocycles. The predicted octanol–water partition coefficient (Wildman–Crippen LogP) is 3.93. The van der Waals surface area contributed by atoms with Crippen LogP contribution < -0.4 is 5.32 Å². The summed E-state index contributed by atoms with van der Waals surface area (Å²) < 4.78 is 20.9. The van der Waals surface area contributed by atoms with Crippen LogP contribution in [0, 0.1) is 5.82 Å². The zero-order valence-electron chi connectivity index (χ0n) is 13.7. The summed E-state index contributed by atoms with van der Waals surface area (Å²) in [6.07, 6.45) is 2.80. The molecular formula is C17H22FN3O2. The first-order valence-electron chi connectivity index (χ1n) is 7.97. The lowest BCUT2D eigenvalue weighted by Gasteiger charge is -2.29. The molecule has 6 heteroatoms. The lowest BCUT2D eigenvalue weighted by atomic mass is 9.92. The number of fused-ring (bicyclic) bond motifs is 1. The number of hydrogen-bond donors (Lipinski definition) is 1. The molecule has 1 aliphatic carbocycles. The highest BCUT2D eigenvalue weighted by Crippen LogP contribution is 2.35. The maximum Gasteiger partial charge on any atom is 0.408 e. The number of hydrogen-bond acceptors (Lipinski definition) is 3. The summed E-state index contributed by atoms with van der Waals surface area (Å²) in [7, 11) is 0. The van der Waals surface area contributed by atoms with E-state index in [9.17, 15) is 9.18 Å². The van der Waals surface area contributed by atoms with Crippen molar-refractivity contribution in [2.45, 2.75) is 58.2 Å². The van der Waals surface area contributed by atoms with Crippen molar-refractivity contribution in [2.24, 2.45) is 0 Å². The monoisotopic (exact) mass is 319 g/mol. The molecule has 3 rings (SSSR count). The second kappa shape index (κ2) is 5.83. The Morgan fingerprint density at radius 2 is 2.17 bits per heavy atom. The molecule has 1 amide bonds. The second-order valence-corrected chi connectivity index (χ2v) is 6.97. The Morgan fingerprint density at radius 1 is 1.43 bits per heavy atom. The largest absolute Gasteiger partial charge is 0.444 e. The van der Waals surface area contributed by atoms with E-state index in [4.69, 9.17) is 4.74 Å². The first kappa shape index (κ1) is 15.8. The van der Waals surface area contributed by atoms with Gasteiger partial charge in [-0.15, -0.1) is 0 Å². The van der Waals surface area contributed by atoms with E-state index in [1.807, 2.05) is 20.8 Å². The number of carbonyl (C=O) groups excluding carboxylic acids is 1. The lowest BCUT2D eigenvalue weighted by Crippen LogP contribution is -2.33. The maximum atomic E-state index is 13.6. The highest BCUT2D eigenvalue weighted by molar-refractivity contribution is 5.76. The molecule has 1 fully saturated rings. The molecule has 124 valence electrons. The molecule has 0 atom stereocenters. The van der Waals surface area contributed by atoms with E-state index in [2.05, 4.69) is 14.9 Å². The number of carbonyl (C=O) groups is 1. The van der Waals surface area contributed by atoms with Crippen LogP contribution in [-0.4, -0.2) is 21.2 Å². The highest BCUT2D eigenvalue weighted by atomic mass is 19.1. The highest BCUT2D eigenvalue weighted by Gasteiger charge is 2.25. The number of rotatable bonds is 3. The van der Waals surface area contributed by atoms with Gasteiger partial charge in [0.1, 0.15) is 17.2 Å². The van der Waals surface area contributed by atoms with Crippen molar-refractivity contribution in [3.05, 3.63) is 29.8 Å². The summed E-state index contributed by atoms with van der Waals surface area (Å²) in [6.45, 7) is 5.72. The molecule has 2 aromatic rings. The third-order valence-corrected chi connectivity index (χ3v) is 3.95. The Bertz CT molecular complexity index is 729. The number of nitrogens with zero attached hydrogens (tertiary/aromatic N) is 2. The summed E-state index contributed by atoms with van der Waals surface area (Å²) in [5, 5.41) is 2.74. The molecule has 1 aliphatic rings. The number of ether oxygens (including phenoxy) is 1. The van der Waals surface area contributed by atoms with E-state index in [0.29, 0.717) is 6.04 Å². The molecule has 1 aromatic carbocycles. The van der Waals surface area contributed by atoms with Crippen molar-refractivity contribution in [3.63, 3.8) is 0 Å². The van der Waals surface area contributed by atoms with Gasteiger partial charge in [0.05, 0.1) is 17.6 Å². The molecule has 1 N–H and O–H groups in total. The van der Waals surface area contributed by atoms with E-state index < -0.39 is 11.7 Å². The average Bonchev–Trinajstić information content (AvgIpc) is 2.71. The minimum absolute atomic E-state index is 0.266. The van der Waals surface area contributed by atoms with E-state index in [1.54, 1.807) is 6.07 Å². The van der Waals surface area contributed by atoms with Crippen LogP contribution in [-0.2, 0) is 11.3 Å². The number of alkyl carbamates (subject to hydrolysis) is 1. The second-order valence-electron chi connectivity index (χ2n) is 6.97. The van der Waals surface area contributed by atoms with Crippen LogP contribution in [0.4, 0.5) is 9.18 Å². The van der Waals surface area contributed by atoms with Crippen molar-refractivity contribution in [1.82, 2.24) is 14.9 Å². The number of imidazole rings is 1. The number of amides is 1. The van der Waals surface area contributed by atoms with Gasteiger partial charge in [-0.3, -0.25) is 0 Å². The molecule has 0 bridgehead atoms. The lowest BCUT2D eigenvalue weighted by molar-refractivity contribution is 0.0521. The third kappa shape index (κ3) is 3.46. The normalized spacial score (nSPS) is 15.5. The van der Waals surface area contributed by atoms with Crippen molar-refractivity contribution < 1.29 is 13.9 Å². The molecule has 0 unspecified atom stereocenters. The standard InChI is InChI=1S/C17H22FN3O2/c1-17(2,3)23-16(22)19-10-15-20-13-8-7-11(18)9-14(13)21(15)12-5-4-6-12/h7-9,12H,4-6,10H2,1-3H3,(H,19,22). The van der Waals surface area contributed by atoms with Crippen molar-refractivity contribution in [3.8, 4) is 0 Å². The first-order valence-corrected chi connectivity index (χ1v) is 7.97. The molecule has 0 spiro atoms. The first-order chi connectivity index (χ1) is 10.8. The SMILES string of the molecule is CC(C)(C)OC(=O)NCc1nc2ccc(F)cc2n1C1CCC1. The van der Waals surface area contributed by atoms with E-state index in [1.165, 1.54) is 18.6 Å². The predicted molar refractivity (Wildman–Crippen MR) is 85.7 cm³/mol. The quantitative estimate of drug-likeness (QED) is 0.932. The zero-order valence-corrected chi connectivity index (χ0v) is 13.7. The summed E-state index contributed by atoms with van der Waals surface area (Å²) in [6, 6.07) is 4.93. The Hall–Kier alpha value is -2.11. The Kier molecular flexibility index (Phi) is 4.00. The van der Waals surface area contributed by atoms with Gasteiger partial charge in [0.25, 0.3) is 0 Å². The van der Waals surface area contributed by atoms with Crippen LogP contribution >= 0.6 is 0 Å². The van der Waals surface area contributed by atoms with Gasteiger partial charge in [0.2, 0.25) is 0 Å². The van der Waals surface area contributed by atoms with Crippen LogP contribution in [0.5, 0.6) is 0 Å². The molecule has 1 heterocycles. The topological polar surface area (TPSA) is 56.1 Å². The maximum absolute atomic E-state index is 13.6. The molecule has 0 saturated heterocycles. The molecule has 0 radical (unpaired) electrons. The number of benzene rings is 1. The van der Waals surface area contributed by atoms with Crippen LogP contribution in [0.1, 0.15) is 51.9 Å². The van der Waals surface area contributed by atoms with Crippen molar-refractivity contribution in [1.29, 1.82) is 0 Å². The van der Waals surface area contributed by atoms with Gasteiger partial charge >= 0.3 is 6.09 Å². The number of nitrogens with one attached hydrogen (secondary N) is 1. The van der Waals surface area contributed by atoms with Gasteiger partial charge in [-0.05, 0) is 58.2 Å². The van der Waals surface area contributed by atoms with Crippen LogP contribution in [0.3, 0.4) is 0 Å². The Balaban J connectivity index is 1.83. The van der Waals surface area contributed by atoms with Gasteiger partial charge in [0.15, 0.2) is 0 Å². The Morgan fingerprint density at radius 3 is 2.78 bits per heavy atom. The van der Waals surface area contributed by atoms with E-state index in [0.717, 1.165) is 29.7 Å².